The number of hydrogen-bond donors (Lipinski definition) is 1. The van der Waals surface area contributed by atoms with E-state index < -0.39 is 6.10 Å². The lowest BCUT2D eigenvalue weighted by atomic mass is 10.0. The molecule has 0 radical (unpaired) electrons. The monoisotopic (exact) mass is 301 g/mol. The van der Waals surface area contributed by atoms with E-state index in [1.54, 1.807) is 13.2 Å². The van der Waals surface area contributed by atoms with Gasteiger partial charge in [-0.25, -0.2) is 0 Å². The Kier molecular flexibility index (Phi) is 5.39. The van der Waals surface area contributed by atoms with Crippen molar-refractivity contribution in [2.24, 2.45) is 0 Å². The maximum absolute atomic E-state index is 10.5. The molecule has 0 saturated carbocycles. The summed E-state index contributed by atoms with van der Waals surface area (Å²) in [5.41, 5.74) is 0.964. The Balaban J connectivity index is 2.09. The highest BCUT2D eigenvalue weighted by molar-refractivity contribution is 7.99. The molecule has 106 valence electrons. The summed E-state index contributed by atoms with van der Waals surface area (Å²) in [6, 6.07) is 5.73. The van der Waals surface area contributed by atoms with Gasteiger partial charge >= 0.3 is 0 Å². The quantitative estimate of drug-likeness (QED) is 0.925. The molecule has 2 atom stereocenters. The van der Waals surface area contributed by atoms with E-state index in [1.165, 1.54) is 0 Å². The minimum Gasteiger partial charge on any atom is -0.496 e. The first kappa shape index (κ1) is 15.0. The molecule has 1 saturated heterocycles. The molecule has 1 aliphatic heterocycles. The summed E-state index contributed by atoms with van der Waals surface area (Å²) in [5, 5.41) is 11.1. The molecule has 1 N–H and O–H groups in total. The molecule has 0 amide bonds. The van der Waals surface area contributed by atoms with Crippen LogP contribution in [0.15, 0.2) is 18.2 Å². The molecule has 1 aromatic rings. The standard InChI is InChI=1S/C14H20ClNO2S/c1-16-5-6-19-9-12(16)13(17)8-10-7-11(15)3-4-14(10)18-2/h3-4,7,12-13,17H,5-6,8-9H2,1-2H3. The smallest absolute Gasteiger partial charge is 0.122 e. The third-order valence-electron chi connectivity index (χ3n) is 3.56. The highest BCUT2D eigenvalue weighted by Gasteiger charge is 2.27. The van der Waals surface area contributed by atoms with E-state index in [1.807, 2.05) is 23.9 Å². The molecule has 3 nitrogen and oxygen atoms in total. The van der Waals surface area contributed by atoms with Crippen LogP contribution in [-0.2, 0) is 6.42 Å². The summed E-state index contributed by atoms with van der Waals surface area (Å²) in [7, 11) is 3.71. The maximum Gasteiger partial charge on any atom is 0.122 e. The number of hydrogen-bond acceptors (Lipinski definition) is 4. The van der Waals surface area contributed by atoms with E-state index in [9.17, 15) is 5.11 Å². The van der Waals surface area contributed by atoms with Crippen molar-refractivity contribution in [3.8, 4) is 5.75 Å². The van der Waals surface area contributed by atoms with Crippen LogP contribution in [0.4, 0.5) is 0 Å². The van der Waals surface area contributed by atoms with Crippen LogP contribution in [0.3, 0.4) is 0 Å². The molecule has 0 bridgehead atoms. The van der Waals surface area contributed by atoms with Crippen molar-refractivity contribution in [2.45, 2.75) is 18.6 Å². The van der Waals surface area contributed by atoms with Gasteiger partial charge < -0.3 is 9.84 Å². The minimum absolute atomic E-state index is 0.197. The number of rotatable bonds is 4. The van der Waals surface area contributed by atoms with Crippen LogP contribution in [0, 0.1) is 0 Å². The van der Waals surface area contributed by atoms with Crippen LogP contribution < -0.4 is 4.74 Å². The fourth-order valence-corrected chi connectivity index (χ4v) is 3.88. The van der Waals surface area contributed by atoms with Crippen LogP contribution in [0.25, 0.3) is 0 Å². The minimum atomic E-state index is -0.398. The molecule has 1 aromatic carbocycles. The van der Waals surface area contributed by atoms with Crippen LogP contribution in [0.1, 0.15) is 5.56 Å². The molecule has 1 aliphatic rings. The van der Waals surface area contributed by atoms with Gasteiger partial charge in [0.1, 0.15) is 5.75 Å². The van der Waals surface area contributed by atoms with E-state index in [4.69, 9.17) is 16.3 Å². The summed E-state index contributed by atoms with van der Waals surface area (Å²) in [6.45, 7) is 1.03. The number of aliphatic hydroxyl groups is 1. The largest absolute Gasteiger partial charge is 0.496 e. The first-order chi connectivity index (χ1) is 9.11. The van der Waals surface area contributed by atoms with Gasteiger partial charge in [0, 0.05) is 35.5 Å². The number of ether oxygens (including phenoxy) is 1. The van der Waals surface area contributed by atoms with Gasteiger partial charge in [-0.05, 0) is 30.8 Å². The van der Waals surface area contributed by atoms with Gasteiger partial charge in [-0.3, -0.25) is 4.90 Å². The summed E-state index contributed by atoms with van der Waals surface area (Å²) in [5.74, 6) is 2.90. The average molecular weight is 302 g/mol. The topological polar surface area (TPSA) is 32.7 Å². The van der Waals surface area contributed by atoms with Gasteiger partial charge in [-0.15, -0.1) is 0 Å². The van der Waals surface area contributed by atoms with Crippen molar-refractivity contribution >= 4 is 23.4 Å². The van der Waals surface area contributed by atoms with Crippen molar-refractivity contribution in [3.05, 3.63) is 28.8 Å². The summed E-state index contributed by atoms with van der Waals surface area (Å²) in [6.07, 6.45) is 0.171. The average Bonchev–Trinajstić information content (AvgIpc) is 2.39. The molecule has 0 spiro atoms. The van der Waals surface area contributed by atoms with Crippen molar-refractivity contribution in [3.63, 3.8) is 0 Å². The zero-order valence-electron chi connectivity index (χ0n) is 11.3. The van der Waals surface area contributed by atoms with Crippen molar-refractivity contribution in [2.75, 3.05) is 32.2 Å². The van der Waals surface area contributed by atoms with E-state index in [-0.39, 0.29) is 6.04 Å². The van der Waals surface area contributed by atoms with Crippen molar-refractivity contribution in [1.82, 2.24) is 4.90 Å². The normalized spacial score (nSPS) is 22.2. The van der Waals surface area contributed by atoms with Crippen LogP contribution in [0.2, 0.25) is 5.02 Å². The van der Waals surface area contributed by atoms with Gasteiger partial charge in [-0.1, -0.05) is 11.6 Å². The molecule has 5 heteroatoms. The number of thioether (sulfide) groups is 1. The molecule has 0 aliphatic carbocycles. The number of likely N-dealkylation sites (N-methyl/N-ethyl adjacent to an activating group) is 1. The molecule has 2 rings (SSSR count). The maximum atomic E-state index is 10.5. The van der Waals surface area contributed by atoms with Crippen LogP contribution in [0.5, 0.6) is 5.75 Å². The molecule has 1 heterocycles. The molecular formula is C14H20ClNO2S. The van der Waals surface area contributed by atoms with Crippen molar-refractivity contribution < 1.29 is 9.84 Å². The lowest BCUT2D eigenvalue weighted by Gasteiger charge is -2.35. The van der Waals surface area contributed by atoms with E-state index in [0.717, 1.165) is 29.4 Å². The summed E-state index contributed by atoms with van der Waals surface area (Å²) in [4.78, 5) is 2.23. The van der Waals surface area contributed by atoms with Gasteiger partial charge in [0.25, 0.3) is 0 Å². The fraction of sp³-hybridized carbons (Fsp3) is 0.571. The predicted octanol–water partition coefficient (Wildman–Crippen LogP) is 2.30. The second-order valence-corrected chi connectivity index (χ2v) is 6.44. The number of aliphatic hydroxyl groups excluding tert-OH is 1. The predicted molar refractivity (Wildman–Crippen MR) is 81.5 cm³/mol. The summed E-state index contributed by atoms with van der Waals surface area (Å²) < 4.78 is 5.33. The Labute approximate surface area is 123 Å². The Morgan fingerprint density at radius 1 is 1.58 bits per heavy atom. The Bertz CT molecular complexity index is 430. The van der Waals surface area contributed by atoms with Gasteiger partial charge in [-0.2, -0.15) is 11.8 Å². The summed E-state index contributed by atoms with van der Waals surface area (Å²) >= 11 is 7.92. The SMILES string of the molecule is COc1ccc(Cl)cc1CC(O)C1CSCCN1C. The third-order valence-corrected chi connectivity index (χ3v) is 4.84. The van der Waals surface area contributed by atoms with E-state index in [2.05, 4.69) is 11.9 Å². The number of halogens is 1. The second kappa shape index (κ2) is 6.84. The first-order valence-corrected chi connectivity index (χ1v) is 7.93. The zero-order valence-corrected chi connectivity index (χ0v) is 12.9. The van der Waals surface area contributed by atoms with Crippen LogP contribution in [-0.4, -0.2) is 54.4 Å². The van der Waals surface area contributed by atoms with Gasteiger partial charge in [0.05, 0.1) is 13.2 Å². The van der Waals surface area contributed by atoms with Gasteiger partial charge in [0.2, 0.25) is 0 Å². The first-order valence-electron chi connectivity index (χ1n) is 6.40. The molecule has 2 unspecified atom stereocenters. The highest BCUT2D eigenvalue weighted by Crippen LogP contribution is 2.26. The molecule has 0 aromatic heterocycles. The zero-order chi connectivity index (χ0) is 13.8. The number of benzene rings is 1. The molecule has 1 fully saturated rings. The van der Waals surface area contributed by atoms with E-state index in [0.29, 0.717) is 11.4 Å². The second-order valence-electron chi connectivity index (χ2n) is 4.85. The Hall–Kier alpha value is -0.420. The molecule has 19 heavy (non-hydrogen) atoms. The third kappa shape index (κ3) is 3.78. The Morgan fingerprint density at radius 3 is 3.05 bits per heavy atom. The highest BCUT2D eigenvalue weighted by atomic mass is 35.5. The lowest BCUT2D eigenvalue weighted by Crippen LogP contribution is -2.47. The Morgan fingerprint density at radius 2 is 2.37 bits per heavy atom. The fourth-order valence-electron chi connectivity index (χ4n) is 2.38. The van der Waals surface area contributed by atoms with Crippen LogP contribution >= 0.6 is 23.4 Å². The number of methoxy groups -OCH3 is 1. The van der Waals surface area contributed by atoms with Gasteiger partial charge in [0.15, 0.2) is 0 Å². The van der Waals surface area contributed by atoms with Crippen molar-refractivity contribution in [1.29, 1.82) is 0 Å². The number of nitrogens with zero attached hydrogens (tertiary/aromatic N) is 1. The van der Waals surface area contributed by atoms with E-state index >= 15 is 0 Å². The molecular weight excluding hydrogens is 282 g/mol. The lowest BCUT2D eigenvalue weighted by molar-refractivity contribution is 0.0758.